The Hall–Kier alpha value is -0.370. The molecule has 0 aromatic carbocycles. The molecule has 13 heavy (non-hydrogen) atoms. The van der Waals surface area contributed by atoms with E-state index in [0.717, 1.165) is 0 Å². The van der Waals surface area contributed by atoms with Crippen molar-refractivity contribution in [1.29, 1.82) is 0 Å². The van der Waals surface area contributed by atoms with E-state index in [1.54, 1.807) is 0 Å². The van der Waals surface area contributed by atoms with E-state index in [1.165, 1.54) is 0 Å². The number of halogens is 3. The molecule has 0 aliphatic heterocycles. The molecular weight excluding hydrogens is 189 g/mol. The first kappa shape index (κ1) is 12.6. The van der Waals surface area contributed by atoms with Crippen LogP contribution < -0.4 is 11.5 Å². The molecule has 0 aliphatic rings. The summed E-state index contributed by atoms with van der Waals surface area (Å²) < 4.78 is 36.5. The highest BCUT2D eigenvalue weighted by Crippen LogP contribution is 2.31. The lowest BCUT2D eigenvalue weighted by Gasteiger charge is -2.26. The maximum absolute atomic E-state index is 12.2. The number of aliphatic hydroxyl groups is 2. The van der Waals surface area contributed by atoms with Gasteiger partial charge in [0.2, 0.25) is 0 Å². The molecule has 0 saturated heterocycles. The van der Waals surface area contributed by atoms with Crippen LogP contribution in [0.2, 0.25) is 0 Å². The first-order valence-corrected chi connectivity index (χ1v) is 3.69. The van der Waals surface area contributed by atoms with Crippen LogP contribution in [0, 0.1) is 5.92 Å². The Labute approximate surface area is 73.3 Å². The number of rotatable bonds is 4. The van der Waals surface area contributed by atoms with Gasteiger partial charge in [-0.15, -0.1) is 0 Å². The molecule has 0 heterocycles. The molecule has 0 amide bonds. The van der Waals surface area contributed by atoms with Crippen LogP contribution in [0.25, 0.3) is 0 Å². The minimum atomic E-state index is -4.55. The molecule has 2 unspecified atom stereocenters. The quantitative estimate of drug-likeness (QED) is 0.447. The SMILES string of the molecule is NCCC(C(N)C(O)O)C(F)(F)F. The average molecular weight is 202 g/mol. The predicted molar refractivity (Wildman–Crippen MR) is 39.4 cm³/mol. The second kappa shape index (κ2) is 4.75. The van der Waals surface area contributed by atoms with Gasteiger partial charge in [0.1, 0.15) is 0 Å². The van der Waals surface area contributed by atoms with E-state index < -0.39 is 30.8 Å². The Balaban J connectivity index is 4.41. The third-order valence-electron chi connectivity index (χ3n) is 1.71. The minimum Gasteiger partial charge on any atom is -0.367 e. The fourth-order valence-electron chi connectivity index (χ4n) is 0.962. The van der Waals surface area contributed by atoms with Gasteiger partial charge in [0.25, 0.3) is 0 Å². The van der Waals surface area contributed by atoms with Gasteiger partial charge in [-0.05, 0) is 13.0 Å². The van der Waals surface area contributed by atoms with Crippen molar-refractivity contribution in [1.82, 2.24) is 0 Å². The molecule has 0 rings (SSSR count). The summed E-state index contributed by atoms with van der Waals surface area (Å²) in [5, 5.41) is 16.9. The summed E-state index contributed by atoms with van der Waals surface area (Å²) in [5.74, 6) is -1.97. The summed E-state index contributed by atoms with van der Waals surface area (Å²) in [6, 6.07) is -1.75. The molecule has 0 aromatic heterocycles. The number of alkyl halides is 3. The number of nitrogens with two attached hydrogens (primary N) is 2. The molecule has 6 N–H and O–H groups in total. The van der Waals surface area contributed by atoms with Gasteiger partial charge in [-0.3, -0.25) is 0 Å². The van der Waals surface area contributed by atoms with Crippen LogP contribution in [0.5, 0.6) is 0 Å². The Morgan fingerprint density at radius 2 is 1.69 bits per heavy atom. The minimum absolute atomic E-state index is 0.204. The van der Waals surface area contributed by atoms with Crippen LogP contribution in [-0.2, 0) is 0 Å². The van der Waals surface area contributed by atoms with Crippen LogP contribution in [0.1, 0.15) is 6.42 Å². The van der Waals surface area contributed by atoms with E-state index in [2.05, 4.69) is 0 Å². The Kier molecular flexibility index (Phi) is 4.62. The Bertz CT molecular complexity index is 151. The Morgan fingerprint density at radius 1 is 1.23 bits per heavy atom. The van der Waals surface area contributed by atoms with Crippen molar-refractivity contribution in [3.05, 3.63) is 0 Å². The van der Waals surface area contributed by atoms with Gasteiger partial charge in [0.15, 0.2) is 6.29 Å². The zero-order chi connectivity index (χ0) is 10.6. The predicted octanol–water partition coefficient (Wildman–Crippen LogP) is -0.848. The molecule has 80 valence electrons. The topological polar surface area (TPSA) is 92.5 Å². The van der Waals surface area contributed by atoms with Crippen LogP contribution in [0.15, 0.2) is 0 Å². The molecule has 4 nitrogen and oxygen atoms in total. The maximum atomic E-state index is 12.2. The lowest BCUT2D eigenvalue weighted by atomic mass is 9.96. The van der Waals surface area contributed by atoms with E-state index in [1.807, 2.05) is 0 Å². The highest BCUT2D eigenvalue weighted by atomic mass is 19.4. The van der Waals surface area contributed by atoms with Gasteiger partial charge in [-0.2, -0.15) is 13.2 Å². The van der Waals surface area contributed by atoms with Gasteiger partial charge in [0.05, 0.1) is 12.0 Å². The van der Waals surface area contributed by atoms with E-state index in [-0.39, 0.29) is 6.54 Å². The van der Waals surface area contributed by atoms with Gasteiger partial charge >= 0.3 is 6.18 Å². The van der Waals surface area contributed by atoms with Gasteiger partial charge < -0.3 is 21.7 Å². The largest absolute Gasteiger partial charge is 0.393 e. The van der Waals surface area contributed by atoms with Crippen LogP contribution in [-0.4, -0.2) is 35.3 Å². The molecule has 0 fully saturated rings. The summed E-state index contributed by atoms with van der Waals surface area (Å²) in [6.45, 7) is -0.204. The number of hydrogen-bond donors (Lipinski definition) is 4. The molecule has 0 radical (unpaired) electrons. The van der Waals surface area contributed by atoms with Gasteiger partial charge in [-0.25, -0.2) is 0 Å². The number of hydrogen-bond acceptors (Lipinski definition) is 4. The van der Waals surface area contributed by atoms with Crippen molar-refractivity contribution in [3.8, 4) is 0 Å². The van der Waals surface area contributed by atoms with Crippen LogP contribution >= 0.6 is 0 Å². The van der Waals surface area contributed by atoms with Crippen molar-refractivity contribution in [2.75, 3.05) is 6.54 Å². The standard InChI is InChI=1S/C6H13F3N2O2/c7-6(8,9)3(1-2-10)4(11)5(12)13/h3-5,12-13H,1-2,10-11H2. The van der Waals surface area contributed by atoms with Gasteiger partial charge in [-0.1, -0.05) is 0 Å². The normalized spacial score (nSPS) is 17.5. The molecule has 7 heteroatoms. The zero-order valence-corrected chi connectivity index (χ0v) is 6.83. The van der Waals surface area contributed by atoms with Crippen molar-refractivity contribution < 1.29 is 23.4 Å². The van der Waals surface area contributed by atoms with E-state index in [0.29, 0.717) is 0 Å². The number of aliphatic hydroxyl groups excluding tert-OH is 1. The third-order valence-corrected chi connectivity index (χ3v) is 1.71. The first-order chi connectivity index (χ1) is 5.80. The summed E-state index contributed by atoms with van der Waals surface area (Å²) in [7, 11) is 0. The fourth-order valence-corrected chi connectivity index (χ4v) is 0.962. The first-order valence-electron chi connectivity index (χ1n) is 3.69. The highest BCUT2D eigenvalue weighted by Gasteiger charge is 2.44. The molecule has 0 bridgehead atoms. The summed E-state index contributed by atoms with van der Waals surface area (Å²) in [6.07, 6.45) is -7.15. The maximum Gasteiger partial charge on any atom is 0.393 e. The lowest BCUT2D eigenvalue weighted by molar-refractivity contribution is -0.202. The lowest BCUT2D eigenvalue weighted by Crippen LogP contribution is -2.48. The highest BCUT2D eigenvalue weighted by molar-refractivity contribution is 4.80. The zero-order valence-electron chi connectivity index (χ0n) is 6.83. The Morgan fingerprint density at radius 3 is 1.92 bits per heavy atom. The van der Waals surface area contributed by atoms with E-state index >= 15 is 0 Å². The third kappa shape index (κ3) is 3.90. The second-order valence-electron chi connectivity index (χ2n) is 2.72. The van der Waals surface area contributed by atoms with Crippen LogP contribution in [0.4, 0.5) is 13.2 Å². The summed E-state index contributed by atoms with van der Waals surface area (Å²) in [5.41, 5.74) is 9.90. The fraction of sp³-hybridized carbons (Fsp3) is 1.00. The second-order valence-corrected chi connectivity index (χ2v) is 2.72. The smallest absolute Gasteiger partial charge is 0.367 e. The van der Waals surface area contributed by atoms with Gasteiger partial charge in [0, 0.05) is 0 Å². The summed E-state index contributed by atoms with van der Waals surface area (Å²) in [4.78, 5) is 0. The molecule has 0 spiro atoms. The van der Waals surface area contributed by atoms with E-state index in [9.17, 15) is 13.2 Å². The van der Waals surface area contributed by atoms with Crippen molar-refractivity contribution >= 4 is 0 Å². The van der Waals surface area contributed by atoms with Crippen LogP contribution in [0.3, 0.4) is 0 Å². The average Bonchev–Trinajstić information content (AvgIpc) is 1.96. The molecule has 0 aliphatic carbocycles. The van der Waals surface area contributed by atoms with Crippen molar-refractivity contribution in [3.63, 3.8) is 0 Å². The molecule has 0 saturated carbocycles. The monoisotopic (exact) mass is 202 g/mol. The molecular formula is C6H13F3N2O2. The molecule has 2 atom stereocenters. The van der Waals surface area contributed by atoms with Crippen molar-refractivity contribution in [2.24, 2.45) is 17.4 Å². The van der Waals surface area contributed by atoms with Crippen molar-refractivity contribution in [2.45, 2.75) is 24.9 Å². The molecule has 0 aromatic rings. The summed E-state index contributed by atoms with van der Waals surface area (Å²) >= 11 is 0. The van der Waals surface area contributed by atoms with E-state index in [4.69, 9.17) is 21.7 Å².